The molecule has 1 atom stereocenters. The summed E-state index contributed by atoms with van der Waals surface area (Å²) >= 11 is 0. The van der Waals surface area contributed by atoms with Crippen LogP contribution in [0.15, 0.2) is 36.1 Å². The molecule has 1 aromatic rings. The van der Waals surface area contributed by atoms with E-state index in [-0.39, 0.29) is 6.04 Å². The van der Waals surface area contributed by atoms with Gasteiger partial charge in [-0.2, -0.15) is 0 Å². The average molecular weight is 247 g/mol. The Balaban J connectivity index is 2.25. The Labute approximate surface area is 109 Å². The lowest BCUT2D eigenvalue weighted by atomic mass is 9.95. The third-order valence-corrected chi connectivity index (χ3v) is 3.17. The molecule has 0 aromatic heterocycles. The maximum absolute atomic E-state index is 5.45. The van der Waals surface area contributed by atoms with Crippen molar-refractivity contribution in [3.05, 3.63) is 41.7 Å². The highest BCUT2D eigenvalue weighted by atomic mass is 16.5. The van der Waals surface area contributed by atoms with E-state index >= 15 is 0 Å². The molecule has 1 unspecified atom stereocenters. The Morgan fingerprint density at radius 2 is 2.33 bits per heavy atom. The van der Waals surface area contributed by atoms with E-state index in [1.165, 1.54) is 11.1 Å². The standard InChI is InChI=1S/C15H21NO2/c1-3-16-15(13-7-5-9-18-11-13)12-6-4-8-14(10-12)17-2/h4,6,8,10-11,15-16H,3,5,7,9H2,1-2H3. The predicted molar refractivity (Wildman–Crippen MR) is 72.7 cm³/mol. The van der Waals surface area contributed by atoms with Crippen molar-refractivity contribution in [2.24, 2.45) is 0 Å². The van der Waals surface area contributed by atoms with Gasteiger partial charge in [0.1, 0.15) is 5.75 Å². The summed E-state index contributed by atoms with van der Waals surface area (Å²) in [4.78, 5) is 0. The fourth-order valence-corrected chi connectivity index (χ4v) is 2.29. The Bertz CT molecular complexity index is 415. The van der Waals surface area contributed by atoms with Crippen molar-refractivity contribution in [1.82, 2.24) is 5.32 Å². The van der Waals surface area contributed by atoms with Crippen LogP contribution in [-0.2, 0) is 4.74 Å². The molecule has 1 aromatic carbocycles. The van der Waals surface area contributed by atoms with Gasteiger partial charge in [0, 0.05) is 0 Å². The van der Waals surface area contributed by atoms with Gasteiger partial charge >= 0.3 is 0 Å². The van der Waals surface area contributed by atoms with Crippen LogP contribution in [0.1, 0.15) is 31.4 Å². The zero-order valence-electron chi connectivity index (χ0n) is 11.1. The summed E-state index contributed by atoms with van der Waals surface area (Å²) in [5, 5.41) is 3.52. The number of likely N-dealkylation sites (N-methyl/N-ethyl adjacent to an activating group) is 1. The molecule has 1 aliphatic rings. The van der Waals surface area contributed by atoms with Crippen LogP contribution < -0.4 is 10.1 Å². The van der Waals surface area contributed by atoms with Crippen molar-refractivity contribution >= 4 is 0 Å². The molecule has 0 aliphatic carbocycles. The third-order valence-electron chi connectivity index (χ3n) is 3.17. The van der Waals surface area contributed by atoms with Crippen molar-refractivity contribution in [2.45, 2.75) is 25.8 Å². The summed E-state index contributed by atoms with van der Waals surface area (Å²) in [5.74, 6) is 0.896. The maximum atomic E-state index is 5.45. The Morgan fingerprint density at radius 1 is 1.44 bits per heavy atom. The summed E-state index contributed by atoms with van der Waals surface area (Å²) in [6.45, 7) is 3.89. The van der Waals surface area contributed by atoms with Crippen LogP contribution in [0.2, 0.25) is 0 Å². The molecule has 1 aliphatic heterocycles. The van der Waals surface area contributed by atoms with Crippen LogP contribution in [0.5, 0.6) is 5.75 Å². The summed E-state index contributed by atoms with van der Waals surface area (Å²) in [6, 6.07) is 8.44. The summed E-state index contributed by atoms with van der Waals surface area (Å²) in [5.41, 5.74) is 2.55. The first-order chi connectivity index (χ1) is 8.85. The Hall–Kier alpha value is -1.48. The lowest BCUT2D eigenvalue weighted by Crippen LogP contribution is -2.24. The largest absolute Gasteiger partial charge is 0.501 e. The molecule has 0 fully saturated rings. The summed E-state index contributed by atoms with van der Waals surface area (Å²) in [6.07, 6.45) is 4.10. The number of benzene rings is 1. The molecular formula is C15H21NO2. The molecule has 0 spiro atoms. The van der Waals surface area contributed by atoms with Gasteiger partial charge in [-0.15, -0.1) is 0 Å². The van der Waals surface area contributed by atoms with Crippen LogP contribution in [0.4, 0.5) is 0 Å². The minimum absolute atomic E-state index is 0.227. The molecule has 3 nitrogen and oxygen atoms in total. The van der Waals surface area contributed by atoms with E-state index < -0.39 is 0 Å². The number of hydrogen-bond donors (Lipinski definition) is 1. The van der Waals surface area contributed by atoms with Gasteiger partial charge in [0.05, 0.1) is 26.0 Å². The number of ether oxygens (including phenoxy) is 2. The van der Waals surface area contributed by atoms with E-state index in [1.54, 1.807) is 7.11 Å². The van der Waals surface area contributed by atoms with Crippen LogP contribution in [0.3, 0.4) is 0 Å². The van der Waals surface area contributed by atoms with E-state index in [2.05, 4.69) is 24.4 Å². The quantitative estimate of drug-likeness (QED) is 0.867. The first-order valence-electron chi connectivity index (χ1n) is 6.53. The fraction of sp³-hybridized carbons (Fsp3) is 0.467. The fourth-order valence-electron chi connectivity index (χ4n) is 2.29. The van der Waals surface area contributed by atoms with Crippen molar-refractivity contribution < 1.29 is 9.47 Å². The number of nitrogens with one attached hydrogen (secondary N) is 1. The molecular weight excluding hydrogens is 226 g/mol. The van der Waals surface area contributed by atoms with Crippen molar-refractivity contribution in [3.63, 3.8) is 0 Å². The number of hydrogen-bond acceptors (Lipinski definition) is 3. The van der Waals surface area contributed by atoms with E-state index in [1.807, 2.05) is 18.4 Å². The zero-order valence-corrected chi connectivity index (χ0v) is 11.1. The Kier molecular flexibility index (Phi) is 4.65. The first-order valence-corrected chi connectivity index (χ1v) is 6.53. The molecule has 0 radical (unpaired) electrons. The van der Waals surface area contributed by atoms with Gasteiger partial charge in [0.15, 0.2) is 0 Å². The minimum atomic E-state index is 0.227. The molecule has 0 saturated carbocycles. The molecule has 18 heavy (non-hydrogen) atoms. The van der Waals surface area contributed by atoms with Gasteiger partial charge in [0.2, 0.25) is 0 Å². The van der Waals surface area contributed by atoms with E-state index in [0.717, 1.165) is 31.7 Å². The first kappa shape index (κ1) is 13.0. The van der Waals surface area contributed by atoms with E-state index in [9.17, 15) is 0 Å². The molecule has 0 bridgehead atoms. The highest BCUT2D eigenvalue weighted by molar-refractivity contribution is 5.35. The van der Waals surface area contributed by atoms with Gasteiger partial charge in [-0.05, 0) is 42.7 Å². The number of rotatable bonds is 5. The van der Waals surface area contributed by atoms with Crippen molar-refractivity contribution in [2.75, 3.05) is 20.3 Å². The highest BCUT2D eigenvalue weighted by Crippen LogP contribution is 2.29. The zero-order chi connectivity index (χ0) is 12.8. The van der Waals surface area contributed by atoms with E-state index in [0.29, 0.717) is 0 Å². The van der Waals surface area contributed by atoms with Gasteiger partial charge < -0.3 is 14.8 Å². The lowest BCUT2D eigenvalue weighted by molar-refractivity contribution is 0.219. The SMILES string of the molecule is CCNC(C1=COCCC1)c1cccc(OC)c1. The van der Waals surface area contributed by atoms with Crippen LogP contribution in [-0.4, -0.2) is 20.3 Å². The second kappa shape index (κ2) is 6.45. The van der Waals surface area contributed by atoms with Gasteiger partial charge in [0.25, 0.3) is 0 Å². The third kappa shape index (κ3) is 3.05. The van der Waals surface area contributed by atoms with Crippen molar-refractivity contribution in [3.8, 4) is 5.75 Å². The highest BCUT2D eigenvalue weighted by Gasteiger charge is 2.18. The van der Waals surface area contributed by atoms with Gasteiger partial charge in [-0.3, -0.25) is 0 Å². The Morgan fingerprint density at radius 3 is 3.00 bits per heavy atom. The molecule has 0 saturated heterocycles. The van der Waals surface area contributed by atoms with Crippen molar-refractivity contribution in [1.29, 1.82) is 0 Å². The monoisotopic (exact) mass is 247 g/mol. The van der Waals surface area contributed by atoms with Crippen LogP contribution in [0.25, 0.3) is 0 Å². The maximum Gasteiger partial charge on any atom is 0.119 e. The molecule has 3 heteroatoms. The molecule has 2 rings (SSSR count). The summed E-state index contributed by atoms with van der Waals surface area (Å²) in [7, 11) is 1.70. The predicted octanol–water partition coefficient (Wildman–Crippen LogP) is 3.04. The van der Waals surface area contributed by atoms with Gasteiger partial charge in [-0.1, -0.05) is 19.1 Å². The average Bonchev–Trinajstić information content (AvgIpc) is 2.46. The second-order valence-electron chi connectivity index (χ2n) is 4.43. The van der Waals surface area contributed by atoms with Crippen LogP contribution >= 0.6 is 0 Å². The van der Waals surface area contributed by atoms with Crippen LogP contribution in [0, 0.1) is 0 Å². The molecule has 98 valence electrons. The van der Waals surface area contributed by atoms with E-state index in [4.69, 9.17) is 9.47 Å². The smallest absolute Gasteiger partial charge is 0.119 e. The number of methoxy groups -OCH3 is 1. The minimum Gasteiger partial charge on any atom is -0.501 e. The second-order valence-corrected chi connectivity index (χ2v) is 4.43. The van der Waals surface area contributed by atoms with Gasteiger partial charge in [-0.25, -0.2) is 0 Å². The normalized spacial score (nSPS) is 16.7. The lowest BCUT2D eigenvalue weighted by Gasteiger charge is -2.24. The molecule has 1 heterocycles. The topological polar surface area (TPSA) is 30.5 Å². The molecule has 0 amide bonds. The molecule has 1 N–H and O–H groups in total. The summed E-state index contributed by atoms with van der Waals surface area (Å²) < 4.78 is 10.7.